The Morgan fingerprint density at radius 3 is 3.08 bits per heavy atom. The maximum atomic E-state index is 9.08. The molecule has 0 aromatic heterocycles. The van der Waals surface area contributed by atoms with Crippen LogP contribution in [0.5, 0.6) is 0 Å². The molecule has 0 spiro atoms. The van der Waals surface area contributed by atoms with Crippen molar-refractivity contribution in [3.63, 3.8) is 0 Å². The van der Waals surface area contributed by atoms with Gasteiger partial charge in [0.1, 0.15) is 5.76 Å². The van der Waals surface area contributed by atoms with Crippen LogP contribution < -0.4 is 0 Å². The zero-order chi connectivity index (χ0) is 8.55. The number of rotatable bonds is 1. The Bertz CT molecular complexity index is 334. The van der Waals surface area contributed by atoms with E-state index in [0.29, 0.717) is 0 Å². The minimum absolute atomic E-state index is 0.0739. The van der Waals surface area contributed by atoms with Crippen molar-refractivity contribution in [3.05, 3.63) is 35.3 Å². The summed E-state index contributed by atoms with van der Waals surface area (Å²) in [5.74, 6) is 0.972. The number of methoxy groups -OCH3 is 1. The summed E-state index contributed by atoms with van der Waals surface area (Å²) in [7, 11) is 1.64. The third kappa shape index (κ3) is 1.03. The van der Waals surface area contributed by atoms with Crippen molar-refractivity contribution in [1.29, 1.82) is 0 Å². The summed E-state index contributed by atoms with van der Waals surface area (Å²) in [5.41, 5.74) is 1.77. The van der Waals surface area contributed by atoms with Crippen LogP contribution >= 0.6 is 0 Å². The topological polar surface area (TPSA) is 41.8 Å². The van der Waals surface area contributed by atoms with Gasteiger partial charge in [0.2, 0.25) is 5.90 Å². The Kier molecular flexibility index (Phi) is 1.50. The number of hydrogen-bond donors (Lipinski definition) is 1. The van der Waals surface area contributed by atoms with Gasteiger partial charge in [-0.25, -0.2) is 4.99 Å². The summed E-state index contributed by atoms with van der Waals surface area (Å²) in [6.45, 7) is 0. The fourth-order valence-electron chi connectivity index (χ4n) is 1.28. The molecule has 0 atom stereocenters. The van der Waals surface area contributed by atoms with E-state index in [9.17, 15) is 0 Å². The molecule has 3 heteroatoms. The van der Waals surface area contributed by atoms with Gasteiger partial charge in [-0.2, -0.15) is 0 Å². The SMILES string of the molecule is COC1=CC2=CC(O)=NC2=CC1. The molecule has 0 aromatic rings. The quantitative estimate of drug-likeness (QED) is 0.639. The Morgan fingerprint density at radius 1 is 1.50 bits per heavy atom. The molecule has 2 aliphatic rings. The highest BCUT2D eigenvalue weighted by molar-refractivity contribution is 5.92. The van der Waals surface area contributed by atoms with Crippen LogP contribution in [0.25, 0.3) is 0 Å². The molecule has 0 fully saturated rings. The van der Waals surface area contributed by atoms with Crippen molar-refractivity contribution in [2.24, 2.45) is 4.99 Å². The molecular weight excluding hydrogens is 154 g/mol. The maximum Gasteiger partial charge on any atom is 0.211 e. The molecule has 1 aliphatic carbocycles. The lowest BCUT2D eigenvalue weighted by molar-refractivity contribution is 0.283. The molecule has 0 unspecified atom stereocenters. The molecule has 0 bridgehead atoms. The number of aliphatic hydroxyl groups excluding tert-OH is 1. The summed E-state index contributed by atoms with van der Waals surface area (Å²) < 4.78 is 5.08. The summed E-state index contributed by atoms with van der Waals surface area (Å²) in [6, 6.07) is 0. The lowest BCUT2D eigenvalue weighted by Gasteiger charge is -2.09. The monoisotopic (exact) mass is 163 g/mol. The first kappa shape index (κ1) is 7.16. The van der Waals surface area contributed by atoms with Gasteiger partial charge in [0.25, 0.3) is 0 Å². The normalized spacial score (nSPS) is 20.4. The average molecular weight is 163 g/mol. The molecule has 0 amide bonds. The Labute approximate surface area is 70.4 Å². The highest BCUT2D eigenvalue weighted by atomic mass is 16.5. The van der Waals surface area contributed by atoms with Gasteiger partial charge in [-0.1, -0.05) is 6.08 Å². The van der Waals surface area contributed by atoms with E-state index in [0.717, 1.165) is 23.5 Å². The molecule has 0 saturated heterocycles. The number of ether oxygens (including phenoxy) is 1. The predicted octanol–water partition coefficient (Wildman–Crippen LogP) is 1.70. The van der Waals surface area contributed by atoms with Gasteiger partial charge in [0.05, 0.1) is 12.8 Å². The van der Waals surface area contributed by atoms with Crippen LogP contribution in [0.3, 0.4) is 0 Å². The van der Waals surface area contributed by atoms with Crippen molar-refractivity contribution in [1.82, 2.24) is 0 Å². The van der Waals surface area contributed by atoms with E-state index >= 15 is 0 Å². The number of nitrogens with zero attached hydrogens (tertiary/aromatic N) is 1. The van der Waals surface area contributed by atoms with Crippen LogP contribution in [-0.2, 0) is 4.74 Å². The second kappa shape index (κ2) is 2.52. The van der Waals surface area contributed by atoms with Gasteiger partial charge < -0.3 is 9.84 Å². The third-order valence-electron chi connectivity index (χ3n) is 1.89. The summed E-state index contributed by atoms with van der Waals surface area (Å²) in [5, 5.41) is 9.08. The van der Waals surface area contributed by atoms with Crippen LogP contribution in [0.4, 0.5) is 0 Å². The highest BCUT2D eigenvalue weighted by Gasteiger charge is 2.16. The fraction of sp³-hybridized carbons (Fsp3) is 0.222. The largest absolute Gasteiger partial charge is 0.501 e. The van der Waals surface area contributed by atoms with E-state index in [2.05, 4.69) is 4.99 Å². The van der Waals surface area contributed by atoms with Crippen molar-refractivity contribution >= 4 is 5.90 Å². The van der Waals surface area contributed by atoms with Crippen molar-refractivity contribution in [3.8, 4) is 0 Å². The number of allylic oxidation sites excluding steroid dienone is 2. The van der Waals surface area contributed by atoms with E-state index in [4.69, 9.17) is 9.84 Å². The Morgan fingerprint density at radius 2 is 2.33 bits per heavy atom. The summed E-state index contributed by atoms with van der Waals surface area (Å²) in [6.07, 6.45) is 6.21. The highest BCUT2D eigenvalue weighted by Crippen LogP contribution is 2.27. The molecule has 1 heterocycles. The third-order valence-corrected chi connectivity index (χ3v) is 1.89. The zero-order valence-corrected chi connectivity index (χ0v) is 6.74. The second-order valence-corrected chi connectivity index (χ2v) is 2.68. The minimum Gasteiger partial charge on any atom is -0.501 e. The molecule has 12 heavy (non-hydrogen) atoms. The maximum absolute atomic E-state index is 9.08. The molecule has 1 aliphatic heterocycles. The van der Waals surface area contributed by atoms with Crippen molar-refractivity contribution in [2.75, 3.05) is 7.11 Å². The van der Waals surface area contributed by atoms with E-state index in [1.54, 1.807) is 13.2 Å². The molecule has 0 aromatic carbocycles. The van der Waals surface area contributed by atoms with Crippen molar-refractivity contribution < 1.29 is 9.84 Å². The summed E-state index contributed by atoms with van der Waals surface area (Å²) >= 11 is 0. The molecule has 0 radical (unpaired) electrons. The minimum atomic E-state index is 0.0739. The predicted molar refractivity (Wildman–Crippen MR) is 45.9 cm³/mol. The number of aliphatic imine (C=N–C) groups is 1. The number of aliphatic hydroxyl groups is 1. The van der Waals surface area contributed by atoms with E-state index in [1.807, 2.05) is 12.2 Å². The van der Waals surface area contributed by atoms with Crippen LogP contribution in [0.1, 0.15) is 6.42 Å². The lowest BCUT2D eigenvalue weighted by Crippen LogP contribution is -1.93. The first-order chi connectivity index (χ1) is 5.79. The van der Waals surface area contributed by atoms with E-state index in [-0.39, 0.29) is 5.90 Å². The average Bonchev–Trinajstić information content (AvgIpc) is 2.43. The first-order valence-corrected chi connectivity index (χ1v) is 3.74. The molecule has 1 N–H and O–H groups in total. The summed E-state index contributed by atoms with van der Waals surface area (Å²) in [4.78, 5) is 3.92. The Balaban J connectivity index is 2.33. The lowest BCUT2D eigenvalue weighted by atomic mass is 10.1. The zero-order valence-electron chi connectivity index (χ0n) is 6.74. The van der Waals surface area contributed by atoms with Crippen LogP contribution in [0.15, 0.2) is 40.2 Å². The molecular formula is C9H9NO2. The van der Waals surface area contributed by atoms with Gasteiger partial charge in [0.15, 0.2) is 0 Å². The van der Waals surface area contributed by atoms with E-state index < -0.39 is 0 Å². The number of fused-ring (bicyclic) bond motifs is 1. The standard InChI is InChI=1S/C9H9NO2/c1-12-7-2-3-8-6(4-7)5-9(11)10-8/h3-5H,2H2,1H3,(H,10,11). The van der Waals surface area contributed by atoms with Gasteiger partial charge in [-0.15, -0.1) is 0 Å². The molecule has 62 valence electrons. The first-order valence-electron chi connectivity index (χ1n) is 3.74. The smallest absolute Gasteiger partial charge is 0.211 e. The molecule has 2 rings (SSSR count). The Hall–Kier alpha value is -1.51. The number of hydrogen-bond acceptors (Lipinski definition) is 2. The van der Waals surface area contributed by atoms with Crippen LogP contribution in [0, 0.1) is 0 Å². The van der Waals surface area contributed by atoms with Crippen molar-refractivity contribution in [2.45, 2.75) is 6.42 Å². The van der Waals surface area contributed by atoms with Gasteiger partial charge in [0, 0.05) is 18.1 Å². The molecule has 3 nitrogen and oxygen atoms in total. The second-order valence-electron chi connectivity index (χ2n) is 2.68. The van der Waals surface area contributed by atoms with Gasteiger partial charge in [-0.3, -0.25) is 0 Å². The van der Waals surface area contributed by atoms with Gasteiger partial charge >= 0.3 is 0 Å². The fourth-order valence-corrected chi connectivity index (χ4v) is 1.28. The van der Waals surface area contributed by atoms with Crippen LogP contribution in [-0.4, -0.2) is 18.1 Å². The van der Waals surface area contributed by atoms with Crippen LogP contribution in [0.2, 0.25) is 0 Å². The van der Waals surface area contributed by atoms with E-state index in [1.165, 1.54) is 0 Å². The van der Waals surface area contributed by atoms with Gasteiger partial charge in [-0.05, 0) is 6.08 Å². The molecule has 0 saturated carbocycles.